The second-order valence-electron chi connectivity index (χ2n) is 6.78. The monoisotopic (exact) mass is 289 g/mol. The molecule has 1 saturated heterocycles. The third-order valence-corrected chi connectivity index (χ3v) is 5.45. The number of rotatable bonds is 5. The fraction of sp³-hybridized carbons (Fsp3) is 0.929. The Morgan fingerprint density at radius 2 is 1.74 bits per heavy atom. The molecule has 1 fully saturated rings. The van der Waals surface area contributed by atoms with E-state index in [9.17, 15) is 13.2 Å². The summed E-state index contributed by atoms with van der Waals surface area (Å²) in [6.07, 6.45) is 3.26. The molecule has 1 aliphatic rings. The topological polar surface area (TPSA) is 54.5 Å². The number of piperidine rings is 1. The number of hydrogen-bond donors (Lipinski definition) is 0. The van der Waals surface area contributed by atoms with E-state index in [0.29, 0.717) is 25.4 Å². The predicted octanol–water partition coefficient (Wildman–Crippen LogP) is 2.44. The normalized spacial score (nSPS) is 19.6. The van der Waals surface area contributed by atoms with Crippen LogP contribution in [0, 0.1) is 11.3 Å². The van der Waals surface area contributed by atoms with E-state index >= 15 is 0 Å². The van der Waals surface area contributed by atoms with E-state index in [4.69, 9.17) is 0 Å². The average molecular weight is 289 g/mol. The van der Waals surface area contributed by atoms with Crippen molar-refractivity contribution in [3.63, 3.8) is 0 Å². The number of Topliss-reactive ketones (excluding diaryl/α,β-unsaturated/α-hetero) is 1. The standard InChI is InChI=1S/C14H27NO3S/c1-5-12-6-8-15(9-7-12)19(17,18)11-13(16)10-14(2,3)4/h12H,5-11H2,1-4H3. The molecule has 0 bridgehead atoms. The Kier molecular flexibility index (Phi) is 5.56. The number of carbonyl (C=O) groups is 1. The molecule has 0 saturated carbocycles. The van der Waals surface area contributed by atoms with Crippen LogP contribution in [0.2, 0.25) is 0 Å². The van der Waals surface area contributed by atoms with Crippen molar-refractivity contribution in [2.45, 2.75) is 53.4 Å². The van der Waals surface area contributed by atoms with Gasteiger partial charge in [-0.3, -0.25) is 4.79 Å². The minimum absolute atomic E-state index is 0.151. The second kappa shape index (κ2) is 6.35. The lowest BCUT2D eigenvalue weighted by molar-refractivity contribution is -0.118. The largest absolute Gasteiger partial charge is 0.298 e. The van der Waals surface area contributed by atoms with Gasteiger partial charge in [-0.25, -0.2) is 12.7 Å². The summed E-state index contributed by atoms with van der Waals surface area (Å²) >= 11 is 0. The van der Waals surface area contributed by atoms with E-state index in [0.717, 1.165) is 19.3 Å². The molecule has 0 unspecified atom stereocenters. The van der Waals surface area contributed by atoms with Gasteiger partial charge >= 0.3 is 0 Å². The summed E-state index contributed by atoms with van der Waals surface area (Å²) in [4.78, 5) is 11.8. The number of sulfonamides is 1. The SMILES string of the molecule is CCC1CCN(S(=O)(=O)CC(=O)CC(C)(C)C)CC1. The van der Waals surface area contributed by atoms with Gasteiger partial charge in [0.25, 0.3) is 0 Å². The Morgan fingerprint density at radius 3 is 2.16 bits per heavy atom. The third-order valence-electron chi connectivity index (χ3n) is 3.62. The van der Waals surface area contributed by atoms with Crippen LogP contribution in [0.4, 0.5) is 0 Å². The summed E-state index contributed by atoms with van der Waals surface area (Å²) in [7, 11) is -3.40. The lowest BCUT2D eigenvalue weighted by Gasteiger charge is -2.30. The molecule has 0 atom stereocenters. The summed E-state index contributed by atoms with van der Waals surface area (Å²) < 4.78 is 25.9. The highest BCUT2D eigenvalue weighted by molar-refractivity contribution is 7.89. The van der Waals surface area contributed by atoms with Gasteiger partial charge in [0.15, 0.2) is 0 Å². The zero-order chi connectivity index (χ0) is 14.7. The van der Waals surface area contributed by atoms with Gasteiger partial charge < -0.3 is 0 Å². The first-order valence-electron chi connectivity index (χ1n) is 7.13. The molecular formula is C14H27NO3S. The fourth-order valence-corrected chi connectivity index (χ4v) is 3.99. The highest BCUT2D eigenvalue weighted by Crippen LogP contribution is 2.23. The summed E-state index contributed by atoms with van der Waals surface area (Å²) in [5.41, 5.74) is -0.151. The Morgan fingerprint density at radius 1 is 1.21 bits per heavy atom. The maximum Gasteiger partial charge on any atom is 0.221 e. The van der Waals surface area contributed by atoms with E-state index in [2.05, 4.69) is 6.92 Å². The first kappa shape index (κ1) is 16.6. The number of carbonyl (C=O) groups excluding carboxylic acids is 1. The van der Waals surface area contributed by atoms with Gasteiger partial charge in [-0.05, 0) is 24.2 Å². The van der Waals surface area contributed by atoms with Crippen LogP contribution in [0.25, 0.3) is 0 Å². The van der Waals surface area contributed by atoms with E-state index < -0.39 is 10.0 Å². The molecule has 0 N–H and O–H groups in total. The van der Waals surface area contributed by atoms with Crippen LogP contribution in [0.15, 0.2) is 0 Å². The molecule has 0 radical (unpaired) electrons. The first-order valence-corrected chi connectivity index (χ1v) is 8.74. The molecule has 19 heavy (non-hydrogen) atoms. The first-order chi connectivity index (χ1) is 8.64. The maximum absolute atomic E-state index is 12.2. The molecule has 0 aromatic carbocycles. The van der Waals surface area contributed by atoms with Gasteiger partial charge in [-0.1, -0.05) is 34.1 Å². The lowest BCUT2D eigenvalue weighted by Crippen LogP contribution is -2.41. The van der Waals surface area contributed by atoms with Crippen LogP contribution in [-0.2, 0) is 14.8 Å². The van der Waals surface area contributed by atoms with Crippen LogP contribution >= 0.6 is 0 Å². The van der Waals surface area contributed by atoms with Crippen molar-refractivity contribution in [1.82, 2.24) is 4.31 Å². The van der Waals surface area contributed by atoms with Crippen molar-refractivity contribution < 1.29 is 13.2 Å². The number of ketones is 1. The Balaban J connectivity index is 2.55. The van der Waals surface area contributed by atoms with Crippen molar-refractivity contribution in [2.75, 3.05) is 18.8 Å². The van der Waals surface area contributed by atoms with Gasteiger partial charge in [0.2, 0.25) is 10.0 Å². The summed E-state index contributed by atoms with van der Waals surface area (Å²) in [5.74, 6) is 0.128. The van der Waals surface area contributed by atoms with Crippen LogP contribution < -0.4 is 0 Å². The smallest absolute Gasteiger partial charge is 0.221 e. The molecule has 4 nitrogen and oxygen atoms in total. The molecule has 5 heteroatoms. The number of nitrogens with zero attached hydrogens (tertiary/aromatic N) is 1. The predicted molar refractivity (Wildman–Crippen MR) is 77.5 cm³/mol. The van der Waals surface area contributed by atoms with E-state index in [1.54, 1.807) is 0 Å². The zero-order valence-electron chi connectivity index (χ0n) is 12.6. The molecule has 1 rings (SSSR count). The van der Waals surface area contributed by atoms with Gasteiger partial charge in [-0.2, -0.15) is 0 Å². The summed E-state index contributed by atoms with van der Waals surface area (Å²) in [6, 6.07) is 0. The van der Waals surface area contributed by atoms with Crippen LogP contribution in [0.1, 0.15) is 53.4 Å². The zero-order valence-corrected chi connectivity index (χ0v) is 13.4. The van der Waals surface area contributed by atoms with Crippen molar-refractivity contribution in [3.8, 4) is 0 Å². The van der Waals surface area contributed by atoms with Gasteiger partial charge in [0.1, 0.15) is 11.5 Å². The third kappa shape index (κ3) is 5.61. The number of hydrogen-bond acceptors (Lipinski definition) is 3. The molecule has 0 aliphatic carbocycles. The molecular weight excluding hydrogens is 262 g/mol. The van der Waals surface area contributed by atoms with E-state index in [1.165, 1.54) is 4.31 Å². The Labute approximate surface area is 117 Å². The molecule has 0 aromatic heterocycles. The minimum Gasteiger partial charge on any atom is -0.298 e. The molecule has 1 aliphatic heterocycles. The van der Waals surface area contributed by atoms with Crippen molar-refractivity contribution in [2.24, 2.45) is 11.3 Å². The van der Waals surface area contributed by atoms with Crippen molar-refractivity contribution in [3.05, 3.63) is 0 Å². The second-order valence-corrected chi connectivity index (χ2v) is 8.75. The van der Waals surface area contributed by atoms with Gasteiger partial charge in [0, 0.05) is 19.5 Å². The van der Waals surface area contributed by atoms with Gasteiger partial charge in [0.05, 0.1) is 0 Å². The van der Waals surface area contributed by atoms with Crippen LogP contribution in [-0.4, -0.2) is 37.3 Å². The maximum atomic E-state index is 12.2. The van der Waals surface area contributed by atoms with Crippen LogP contribution in [0.5, 0.6) is 0 Å². The highest BCUT2D eigenvalue weighted by atomic mass is 32.2. The Hall–Kier alpha value is -0.420. The van der Waals surface area contributed by atoms with Crippen molar-refractivity contribution in [1.29, 1.82) is 0 Å². The summed E-state index contributed by atoms with van der Waals surface area (Å²) in [5, 5.41) is 0. The highest BCUT2D eigenvalue weighted by Gasteiger charge is 2.30. The van der Waals surface area contributed by atoms with E-state index in [1.807, 2.05) is 20.8 Å². The summed E-state index contributed by atoms with van der Waals surface area (Å²) in [6.45, 7) is 9.13. The molecule has 0 spiro atoms. The molecule has 112 valence electrons. The lowest BCUT2D eigenvalue weighted by atomic mass is 9.90. The minimum atomic E-state index is -3.40. The van der Waals surface area contributed by atoms with E-state index in [-0.39, 0.29) is 17.0 Å². The molecule has 1 heterocycles. The quantitative estimate of drug-likeness (QED) is 0.781. The van der Waals surface area contributed by atoms with Crippen molar-refractivity contribution >= 4 is 15.8 Å². The van der Waals surface area contributed by atoms with Crippen LogP contribution in [0.3, 0.4) is 0 Å². The van der Waals surface area contributed by atoms with Gasteiger partial charge in [-0.15, -0.1) is 0 Å². The fourth-order valence-electron chi connectivity index (χ4n) is 2.53. The molecule has 0 aromatic rings. The Bertz CT molecular complexity index is 401. The molecule has 0 amide bonds. The average Bonchev–Trinajstić information content (AvgIpc) is 2.25.